The van der Waals surface area contributed by atoms with Gasteiger partial charge in [-0.1, -0.05) is 6.07 Å². The summed E-state index contributed by atoms with van der Waals surface area (Å²) in [5.41, 5.74) is 0.448. The Hall–Kier alpha value is -0.980. The maximum atomic E-state index is 13.9. The highest BCUT2D eigenvalue weighted by Crippen LogP contribution is 2.22. The number of nitrogens with one attached hydrogen (secondary N) is 1. The SMILES string of the molecule is CS(=O)(=O)c1ccc(C2COCCCN2)c(F)c1. The van der Waals surface area contributed by atoms with Gasteiger partial charge < -0.3 is 10.1 Å². The largest absolute Gasteiger partial charge is 0.379 e. The molecule has 0 bridgehead atoms. The van der Waals surface area contributed by atoms with Crippen LogP contribution in [-0.2, 0) is 14.6 Å². The van der Waals surface area contributed by atoms with Gasteiger partial charge in [-0.05, 0) is 25.1 Å². The Morgan fingerprint density at radius 3 is 2.89 bits per heavy atom. The molecular formula is C12H16FNO3S. The molecule has 1 unspecified atom stereocenters. The van der Waals surface area contributed by atoms with Gasteiger partial charge >= 0.3 is 0 Å². The van der Waals surface area contributed by atoms with Gasteiger partial charge in [-0.3, -0.25) is 0 Å². The van der Waals surface area contributed by atoms with Crippen LogP contribution >= 0.6 is 0 Å². The fourth-order valence-corrected chi connectivity index (χ4v) is 2.56. The molecule has 0 aliphatic carbocycles. The zero-order valence-corrected chi connectivity index (χ0v) is 11.0. The third-order valence-electron chi connectivity index (χ3n) is 2.92. The Kier molecular flexibility index (Phi) is 3.99. The summed E-state index contributed by atoms with van der Waals surface area (Å²) in [5, 5.41) is 3.18. The average Bonchev–Trinajstić information content (AvgIpc) is 2.56. The zero-order valence-electron chi connectivity index (χ0n) is 10.1. The first-order chi connectivity index (χ1) is 8.48. The predicted octanol–water partition coefficient (Wildman–Crippen LogP) is 1.28. The summed E-state index contributed by atoms with van der Waals surface area (Å²) < 4.78 is 41.9. The van der Waals surface area contributed by atoms with Crippen LogP contribution in [0.15, 0.2) is 23.1 Å². The van der Waals surface area contributed by atoms with E-state index in [1.807, 2.05) is 0 Å². The second kappa shape index (κ2) is 5.34. The number of rotatable bonds is 2. The van der Waals surface area contributed by atoms with E-state index in [2.05, 4.69) is 5.32 Å². The van der Waals surface area contributed by atoms with Crippen molar-refractivity contribution in [2.45, 2.75) is 17.4 Å². The van der Waals surface area contributed by atoms with Crippen molar-refractivity contribution in [1.29, 1.82) is 0 Å². The molecule has 6 heteroatoms. The minimum atomic E-state index is -3.37. The van der Waals surface area contributed by atoms with Crippen molar-refractivity contribution in [1.82, 2.24) is 5.32 Å². The third-order valence-corrected chi connectivity index (χ3v) is 4.03. The van der Waals surface area contributed by atoms with Gasteiger partial charge in [-0.15, -0.1) is 0 Å². The Balaban J connectivity index is 2.29. The molecule has 18 heavy (non-hydrogen) atoms. The van der Waals surface area contributed by atoms with Crippen LogP contribution in [-0.4, -0.2) is 34.4 Å². The van der Waals surface area contributed by atoms with E-state index in [9.17, 15) is 12.8 Å². The minimum Gasteiger partial charge on any atom is -0.379 e. The van der Waals surface area contributed by atoms with Crippen LogP contribution in [0.4, 0.5) is 4.39 Å². The molecule has 0 radical (unpaired) electrons. The van der Waals surface area contributed by atoms with Gasteiger partial charge in [-0.2, -0.15) is 0 Å². The normalized spacial score (nSPS) is 21.6. The van der Waals surface area contributed by atoms with Gasteiger partial charge in [-0.25, -0.2) is 12.8 Å². The van der Waals surface area contributed by atoms with Crippen molar-refractivity contribution in [3.8, 4) is 0 Å². The maximum absolute atomic E-state index is 13.9. The van der Waals surface area contributed by atoms with Crippen molar-refractivity contribution in [3.05, 3.63) is 29.6 Å². The monoisotopic (exact) mass is 273 g/mol. The van der Waals surface area contributed by atoms with E-state index in [-0.39, 0.29) is 10.9 Å². The van der Waals surface area contributed by atoms with E-state index in [0.29, 0.717) is 18.8 Å². The molecule has 1 aliphatic heterocycles. The second-order valence-electron chi connectivity index (χ2n) is 4.39. The lowest BCUT2D eigenvalue weighted by atomic mass is 10.1. The van der Waals surface area contributed by atoms with Crippen molar-refractivity contribution >= 4 is 9.84 Å². The highest BCUT2D eigenvalue weighted by Gasteiger charge is 2.19. The molecular weight excluding hydrogens is 257 g/mol. The van der Waals surface area contributed by atoms with Gasteiger partial charge in [0.2, 0.25) is 0 Å². The highest BCUT2D eigenvalue weighted by atomic mass is 32.2. The van der Waals surface area contributed by atoms with Gasteiger partial charge in [0.05, 0.1) is 17.5 Å². The zero-order chi connectivity index (χ0) is 13.2. The molecule has 1 N–H and O–H groups in total. The molecule has 1 heterocycles. The lowest BCUT2D eigenvalue weighted by Gasteiger charge is -2.16. The number of ether oxygens (including phenoxy) is 1. The Morgan fingerprint density at radius 2 is 2.22 bits per heavy atom. The summed E-state index contributed by atoms with van der Waals surface area (Å²) in [6.45, 7) is 1.82. The number of halogens is 1. The lowest BCUT2D eigenvalue weighted by molar-refractivity contribution is 0.130. The predicted molar refractivity (Wildman–Crippen MR) is 65.7 cm³/mol. The molecule has 0 saturated carbocycles. The van der Waals surface area contributed by atoms with Gasteiger partial charge in [0, 0.05) is 18.4 Å². The molecule has 1 aromatic carbocycles. The molecule has 1 saturated heterocycles. The van der Waals surface area contributed by atoms with E-state index in [1.165, 1.54) is 12.1 Å². The summed E-state index contributed by atoms with van der Waals surface area (Å²) in [7, 11) is -3.37. The van der Waals surface area contributed by atoms with E-state index in [1.54, 1.807) is 0 Å². The van der Waals surface area contributed by atoms with Crippen molar-refractivity contribution in [2.75, 3.05) is 26.0 Å². The quantitative estimate of drug-likeness (QED) is 0.882. The molecule has 0 spiro atoms. The lowest BCUT2D eigenvalue weighted by Crippen LogP contribution is -2.24. The molecule has 1 aliphatic rings. The molecule has 4 nitrogen and oxygen atoms in total. The fraction of sp³-hybridized carbons (Fsp3) is 0.500. The molecule has 0 aromatic heterocycles. The van der Waals surface area contributed by atoms with Gasteiger partial charge in [0.15, 0.2) is 9.84 Å². The number of sulfone groups is 1. The van der Waals surface area contributed by atoms with Crippen LogP contribution in [0, 0.1) is 5.82 Å². The number of benzene rings is 1. The van der Waals surface area contributed by atoms with Crippen LogP contribution in [0.25, 0.3) is 0 Å². The van der Waals surface area contributed by atoms with E-state index in [0.717, 1.165) is 25.3 Å². The van der Waals surface area contributed by atoms with Gasteiger partial charge in [0.25, 0.3) is 0 Å². The molecule has 2 rings (SSSR count). The first kappa shape index (κ1) is 13.5. The topological polar surface area (TPSA) is 55.4 Å². The molecule has 1 aromatic rings. The summed E-state index contributed by atoms with van der Waals surface area (Å²) in [6.07, 6.45) is 1.95. The first-order valence-corrected chi connectivity index (χ1v) is 7.68. The smallest absolute Gasteiger partial charge is 0.175 e. The highest BCUT2D eigenvalue weighted by molar-refractivity contribution is 7.90. The second-order valence-corrected chi connectivity index (χ2v) is 6.41. The number of hydrogen-bond donors (Lipinski definition) is 1. The van der Waals surface area contributed by atoms with Crippen LogP contribution in [0.5, 0.6) is 0 Å². The summed E-state index contributed by atoms with van der Waals surface area (Å²) in [4.78, 5) is -0.00158. The summed E-state index contributed by atoms with van der Waals surface area (Å²) in [5.74, 6) is -0.513. The summed E-state index contributed by atoms with van der Waals surface area (Å²) in [6, 6.07) is 3.79. The maximum Gasteiger partial charge on any atom is 0.175 e. The van der Waals surface area contributed by atoms with Crippen molar-refractivity contribution < 1.29 is 17.5 Å². The van der Waals surface area contributed by atoms with E-state index in [4.69, 9.17) is 4.74 Å². The van der Waals surface area contributed by atoms with Crippen LogP contribution < -0.4 is 5.32 Å². The Bertz CT molecular complexity index is 522. The van der Waals surface area contributed by atoms with Crippen molar-refractivity contribution in [2.24, 2.45) is 0 Å². The first-order valence-electron chi connectivity index (χ1n) is 5.79. The molecule has 1 atom stereocenters. The Morgan fingerprint density at radius 1 is 1.44 bits per heavy atom. The van der Waals surface area contributed by atoms with Gasteiger partial charge in [0.1, 0.15) is 5.82 Å². The fourth-order valence-electron chi connectivity index (χ4n) is 1.93. The number of hydrogen-bond acceptors (Lipinski definition) is 4. The third kappa shape index (κ3) is 3.07. The molecule has 1 fully saturated rings. The van der Waals surface area contributed by atoms with Crippen LogP contribution in [0.2, 0.25) is 0 Å². The average molecular weight is 273 g/mol. The van der Waals surface area contributed by atoms with Crippen LogP contribution in [0.3, 0.4) is 0 Å². The Labute approximate surface area is 106 Å². The van der Waals surface area contributed by atoms with Crippen molar-refractivity contribution in [3.63, 3.8) is 0 Å². The molecule has 0 amide bonds. The standard InChI is InChI=1S/C12H16FNO3S/c1-18(15,16)9-3-4-10(11(13)7-9)12-8-17-6-2-5-14-12/h3-4,7,12,14H,2,5-6,8H2,1H3. The van der Waals surface area contributed by atoms with Crippen LogP contribution in [0.1, 0.15) is 18.0 Å². The summed E-state index contributed by atoms with van der Waals surface area (Å²) >= 11 is 0. The molecule has 100 valence electrons. The van der Waals surface area contributed by atoms with E-state index >= 15 is 0 Å². The van der Waals surface area contributed by atoms with E-state index < -0.39 is 15.7 Å². The minimum absolute atomic E-state index is 0.00158.